The molecule has 0 aliphatic rings. The Hall–Kier alpha value is -1.93. The third-order valence-electron chi connectivity index (χ3n) is 3.71. The maximum absolute atomic E-state index is 12.2. The maximum Gasteiger partial charge on any atom is 0.387 e. The molecule has 0 spiro atoms. The second-order valence-corrected chi connectivity index (χ2v) is 7.44. The van der Waals surface area contributed by atoms with Crippen molar-refractivity contribution in [1.82, 2.24) is 15.5 Å². The standard InChI is InChI=1S/C19H32F2N4O2/c1-6-22-18(24-12-19(2,3)13-25(4)5)23-11-16(26)14-7-9-15(10-8-14)27-17(20)21/h7-10,16-17,26H,6,11-13H2,1-5H3,(H2,22,23,24). The van der Waals surface area contributed by atoms with Gasteiger partial charge in [-0.2, -0.15) is 8.78 Å². The molecule has 1 rings (SSSR count). The first kappa shape index (κ1) is 23.1. The number of hydrogen-bond acceptors (Lipinski definition) is 4. The van der Waals surface area contributed by atoms with Crippen LogP contribution in [0.15, 0.2) is 29.3 Å². The van der Waals surface area contributed by atoms with Crippen LogP contribution in [0.5, 0.6) is 5.75 Å². The molecule has 3 N–H and O–H groups in total. The Bertz CT molecular complexity index is 578. The van der Waals surface area contributed by atoms with Crippen LogP contribution in [0.4, 0.5) is 8.78 Å². The van der Waals surface area contributed by atoms with Crippen molar-refractivity contribution in [3.05, 3.63) is 29.8 Å². The molecule has 8 heteroatoms. The van der Waals surface area contributed by atoms with Crippen LogP contribution in [0.3, 0.4) is 0 Å². The van der Waals surface area contributed by atoms with Crippen molar-refractivity contribution in [3.8, 4) is 5.75 Å². The molecular weight excluding hydrogens is 354 g/mol. The quantitative estimate of drug-likeness (QED) is 0.426. The Morgan fingerprint density at radius 3 is 2.37 bits per heavy atom. The molecule has 1 aromatic carbocycles. The van der Waals surface area contributed by atoms with E-state index in [-0.39, 0.29) is 17.7 Å². The van der Waals surface area contributed by atoms with Gasteiger partial charge in [0.05, 0.1) is 6.10 Å². The van der Waals surface area contributed by atoms with Crippen LogP contribution in [-0.4, -0.2) is 62.9 Å². The minimum atomic E-state index is -2.86. The van der Waals surface area contributed by atoms with Crippen molar-refractivity contribution in [2.24, 2.45) is 10.4 Å². The third kappa shape index (κ3) is 9.53. The molecule has 1 unspecified atom stereocenters. The molecule has 154 valence electrons. The molecule has 0 bridgehead atoms. The van der Waals surface area contributed by atoms with E-state index < -0.39 is 12.7 Å². The first-order chi connectivity index (χ1) is 12.6. The van der Waals surface area contributed by atoms with Crippen molar-refractivity contribution in [2.75, 3.05) is 40.3 Å². The average Bonchev–Trinajstić information content (AvgIpc) is 2.56. The summed E-state index contributed by atoms with van der Waals surface area (Å²) in [5.74, 6) is 0.688. The van der Waals surface area contributed by atoms with Crippen LogP contribution in [0.1, 0.15) is 32.4 Å². The minimum absolute atomic E-state index is 0.0188. The lowest BCUT2D eigenvalue weighted by atomic mass is 9.93. The highest BCUT2D eigenvalue weighted by atomic mass is 19.3. The van der Waals surface area contributed by atoms with E-state index >= 15 is 0 Å². The van der Waals surface area contributed by atoms with Gasteiger partial charge in [-0.05, 0) is 44.1 Å². The number of aliphatic hydroxyl groups excluding tert-OH is 1. The van der Waals surface area contributed by atoms with Gasteiger partial charge in [-0.25, -0.2) is 0 Å². The van der Waals surface area contributed by atoms with Crippen molar-refractivity contribution in [3.63, 3.8) is 0 Å². The Balaban J connectivity index is 2.63. The number of aliphatic hydroxyl groups is 1. The second-order valence-electron chi connectivity index (χ2n) is 7.44. The number of nitrogens with one attached hydrogen (secondary N) is 2. The van der Waals surface area contributed by atoms with E-state index in [2.05, 4.69) is 39.1 Å². The first-order valence-electron chi connectivity index (χ1n) is 9.02. The number of halogens is 2. The van der Waals surface area contributed by atoms with Crippen LogP contribution >= 0.6 is 0 Å². The summed E-state index contributed by atoms with van der Waals surface area (Å²) >= 11 is 0. The molecular formula is C19H32F2N4O2. The molecule has 0 saturated carbocycles. The molecule has 6 nitrogen and oxygen atoms in total. The lowest BCUT2D eigenvalue weighted by molar-refractivity contribution is -0.0498. The molecule has 1 atom stereocenters. The second kappa shape index (κ2) is 11.0. The number of rotatable bonds is 10. The van der Waals surface area contributed by atoms with Gasteiger partial charge < -0.3 is 25.4 Å². The van der Waals surface area contributed by atoms with Crippen LogP contribution in [0.2, 0.25) is 0 Å². The van der Waals surface area contributed by atoms with Gasteiger partial charge in [-0.1, -0.05) is 26.0 Å². The van der Waals surface area contributed by atoms with E-state index in [0.29, 0.717) is 24.6 Å². The smallest absolute Gasteiger partial charge is 0.387 e. The van der Waals surface area contributed by atoms with E-state index in [1.807, 2.05) is 21.0 Å². The third-order valence-corrected chi connectivity index (χ3v) is 3.71. The Labute approximate surface area is 160 Å². The Morgan fingerprint density at radius 2 is 1.85 bits per heavy atom. The topological polar surface area (TPSA) is 69.1 Å². The van der Waals surface area contributed by atoms with Crippen LogP contribution < -0.4 is 15.4 Å². The summed E-state index contributed by atoms with van der Waals surface area (Å²) in [6.45, 7) is 5.90. The zero-order valence-corrected chi connectivity index (χ0v) is 16.8. The molecule has 27 heavy (non-hydrogen) atoms. The molecule has 0 heterocycles. The summed E-state index contributed by atoms with van der Waals surface area (Å²) in [4.78, 5) is 6.73. The molecule has 0 saturated heterocycles. The lowest BCUT2D eigenvalue weighted by Gasteiger charge is -2.27. The van der Waals surface area contributed by atoms with Crippen LogP contribution in [-0.2, 0) is 0 Å². The van der Waals surface area contributed by atoms with Gasteiger partial charge in [0.15, 0.2) is 5.96 Å². The van der Waals surface area contributed by atoms with Gasteiger partial charge in [-0.15, -0.1) is 0 Å². The van der Waals surface area contributed by atoms with Crippen molar-refractivity contribution < 1.29 is 18.6 Å². The average molecular weight is 386 g/mol. The zero-order valence-electron chi connectivity index (χ0n) is 16.8. The highest BCUT2D eigenvalue weighted by molar-refractivity contribution is 5.79. The van der Waals surface area contributed by atoms with Gasteiger partial charge in [-0.3, -0.25) is 4.99 Å². The molecule has 0 radical (unpaired) electrons. The van der Waals surface area contributed by atoms with Gasteiger partial charge in [0.25, 0.3) is 0 Å². The van der Waals surface area contributed by atoms with Crippen molar-refractivity contribution in [2.45, 2.75) is 33.5 Å². The number of guanidine groups is 1. The summed E-state index contributed by atoms with van der Waals surface area (Å²) in [6, 6.07) is 5.95. The van der Waals surface area contributed by atoms with Crippen molar-refractivity contribution >= 4 is 5.96 Å². The summed E-state index contributed by atoms with van der Waals surface area (Å²) in [7, 11) is 4.06. The molecule has 0 fully saturated rings. The summed E-state index contributed by atoms with van der Waals surface area (Å²) in [6.07, 6.45) is -0.802. The number of benzene rings is 1. The summed E-state index contributed by atoms with van der Waals surface area (Å²) in [5.41, 5.74) is 0.623. The van der Waals surface area contributed by atoms with Gasteiger partial charge in [0.1, 0.15) is 5.75 Å². The van der Waals surface area contributed by atoms with E-state index in [0.717, 1.165) is 6.54 Å². The number of hydrogen-bond donors (Lipinski definition) is 3. The summed E-state index contributed by atoms with van der Waals surface area (Å²) < 4.78 is 28.7. The fraction of sp³-hybridized carbons (Fsp3) is 0.632. The summed E-state index contributed by atoms with van der Waals surface area (Å²) in [5, 5.41) is 16.6. The zero-order chi connectivity index (χ0) is 20.4. The molecule has 0 aliphatic carbocycles. The monoisotopic (exact) mass is 386 g/mol. The Morgan fingerprint density at radius 1 is 1.22 bits per heavy atom. The van der Waals surface area contributed by atoms with Crippen LogP contribution in [0, 0.1) is 5.41 Å². The minimum Gasteiger partial charge on any atom is -0.435 e. The SMILES string of the molecule is CCNC(=NCC(C)(C)CN(C)C)NCC(O)c1ccc(OC(F)F)cc1. The predicted octanol–water partition coefficient (Wildman–Crippen LogP) is 2.46. The molecule has 1 aromatic rings. The van der Waals surface area contributed by atoms with E-state index in [9.17, 15) is 13.9 Å². The van der Waals surface area contributed by atoms with E-state index in [1.54, 1.807) is 12.1 Å². The highest BCUT2D eigenvalue weighted by Crippen LogP contribution is 2.19. The number of alkyl halides is 2. The lowest BCUT2D eigenvalue weighted by Crippen LogP contribution is -2.40. The largest absolute Gasteiger partial charge is 0.435 e. The Kier molecular flexibility index (Phi) is 9.45. The predicted molar refractivity (Wildman–Crippen MR) is 104 cm³/mol. The molecule has 0 aliphatic heterocycles. The van der Waals surface area contributed by atoms with Crippen LogP contribution in [0.25, 0.3) is 0 Å². The number of nitrogens with zero attached hydrogens (tertiary/aromatic N) is 2. The number of ether oxygens (including phenoxy) is 1. The van der Waals surface area contributed by atoms with Gasteiger partial charge in [0, 0.05) is 26.2 Å². The molecule has 0 amide bonds. The normalized spacial score (nSPS) is 13.8. The molecule has 0 aromatic heterocycles. The first-order valence-corrected chi connectivity index (χ1v) is 9.02. The fourth-order valence-electron chi connectivity index (χ4n) is 2.72. The van der Waals surface area contributed by atoms with Crippen molar-refractivity contribution in [1.29, 1.82) is 0 Å². The van der Waals surface area contributed by atoms with Gasteiger partial charge >= 0.3 is 6.61 Å². The highest BCUT2D eigenvalue weighted by Gasteiger charge is 2.19. The fourth-order valence-corrected chi connectivity index (χ4v) is 2.72. The number of aliphatic imine (C=N–C) groups is 1. The van der Waals surface area contributed by atoms with Gasteiger partial charge in [0.2, 0.25) is 0 Å². The van der Waals surface area contributed by atoms with E-state index in [4.69, 9.17) is 0 Å². The van der Waals surface area contributed by atoms with E-state index in [1.165, 1.54) is 12.1 Å². The maximum atomic E-state index is 12.2.